The zero-order valence-electron chi connectivity index (χ0n) is 6.04. The van der Waals surface area contributed by atoms with Crippen LogP contribution in [0.1, 0.15) is 5.56 Å². The van der Waals surface area contributed by atoms with Crippen molar-refractivity contribution in [1.29, 1.82) is 0 Å². The molecule has 0 aliphatic rings. The van der Waals surface area contributed by atoms with Gasteiger partial charge in [0, 0.05) is 6.07 Å². The number of benzene rings is 1. The average Bonchev–Trinajstić information content (AvgIpc) is 2.03. The summed E-state index contributed by atoms with van der Waals surface area (Å²) in [7, 11) is 0. The molecular formula is C9H5FO2. The molecule has 0 heterocycles. The van der Waals surface area contributed by atoms with Crippen molar-refractivity contribution in [2.45, 2.75) is 0 Å². The average molecular weight is 164 g/mol. The first-order valence-corrected chi connectivity index (χ1v) is 3.18. The number of phenolic OH excluding ortho intramolecular Hbond substituents is 1. The summed E-state index contributed by atoms with van der Waals surface area (Å²) in [5.74, 6) is 3.67. The highest BCUT2D eigenvalue weighted by Gasteiger charge is 1.97. The van der Waals surface area contributed by atoms with E-state index in [2.05, 4.69) is 11.8 Å². The summed E-state index contributed by atoms with van der Waals surface area (Å²) < 4.78 is 12.4. The smallest absolute Gasteiger partial charge is 0.193 e. The zero-order valence-corrected chi connectivity index (χ0v) is 6.04. The molecule has 0 saturated heterocycles. The minimum absolute atomic E-state index is 0.239. The lowest BCUT2D eigenvalue weighted by molar-refractivity contribution is -0.103. The minimum Gasteiger partial charge on any atom is -0.507 e. The fraction of sp³-hybridized carbons (Fsp3) is 0. The third kappa shape index (κ3) is 1.83. The van der Waals surface area contributed by atoms with E-state index in [1.54, 1.807) is 0 Å². The van der Waals surface area contributed by atoms with Gasteiger partial charge in [0.05, 0.1) is 5.56 Å². The van der Waals surface area contributed by atoms with Gasteiger partial charge in [0.15, 0.2) is 6.29 Å². The summed E-state index contributed by atoms with van der Waals surface area (Å²) in [5.41, 5.74) is 0.239. The van der Waals surface area contributed by atoms with E-state index >= 15 is 0 Å². The van der Waals surface area contributed by atoms with Gasteiger partial charge in [0.25, 0.3) is 0 Å². The Morgan fingerprint density at radius 2 is 2.25 bits per heavy atom. The molecule has 0 unspecified atom stereocenters. The number of hydrogen-bond donors (Lipinski definition) is 1. The molecule has 1 N–H and O–H groups in total. The van der Waals surface area contributed by atoms with Crippen LogP contribution in [-0.4, -0.2) is 11.4 Å². The first-order valence-electron chi connectivity index (χ1n) is 3.18. The summed E-state index contributed by atoms with van der Waals surface area (Å²) in [6.07, 6.45) is 0.406. The number of rotatable bonds is 0. The molecule has 0 saturated carbocycles. The summed E-state index contributed by atoms with van der Waals surface area (Å²) in [5, 5.41) is 9.06. The van der Waals surface area contributed by atoms with Gasteiger partial charge in [-0.15, -0.1) is 0 Å². The van der Waals surface area contributed by atoms with Crippen molar-refractivity contribution in [3.8, 4) is 17.6 Å². The molecule has 1 aromatic carbocycles. The molecule has 0 aromatic heterocycles. The highest BCUT2D eigenvalue weighted by molar-refractivity contribution is 5.74. The van der Waals surface area contributed by atoms with Crippen molar-refractivity contribution in [2.24, 2.45) is 0 Å². The van der Waals surface area contributed by atoms with Gasteiger partial charge in [-0.3, -0.25) is 4.79 Å². The first-order chi connectivity index (χ1) is 5.74. The van der Waals surface area contributed by atoms with Crippen LogP contribution in [0.25, 0.3) is 0 Å². The van der Waals surface area contributed by atoms with Gasteiger partial charge in [-0.05, 0) is 18.1 Å². The van der Waals surface area contributed by atoms with Gasteiger partial charge in [-0.2, -0.15) is 0 Å². The molecule has 0 amide bonds. The number of aromatic hydroxyl groups is 1. The van der Waals surface area contributed by atoms with Gasteiger partial charge in [0.1, 0.15) is 11.6 Å². The van der Waals surface area contributed by atoms with E-state index in [-0.39, 0.29) is 11.3 Å². The number of halogens is 1. The van der Waals surface area contributed by atoms with Crippen LogP contribution in [0.5, 0.6) is 5.75 Å². The maximum Gasteiger partial charge on any atom is 0.193 e. The predicted octanol–water partition coefficient (Wildman–Crippen LogP) is 1.08. The van der Waals surface area contributed by atoms with Gasteiger partial charge in [-0.25, -0.2) is 4.39 Å². The summed E-state index contributed by atoms with van der Waals surface area (Å²) in [6.45, 7) is 0. The van der Waals surface area contributed by atoms with Crippen molar-refractivity contribution in [2.75, 3.05) is 0 Å². The number of hydrogen-bond acceptors (Lipinski definition) is 2. The number of carbonyl (C=O) groups is 1. The largest absolute Gasteiger partial charge is 0.507 e. The Balaban J connectivity index is 3.09. The van der Waals surface area contributed by atoms with Crippen molar-refractivity contribution >= 4 is 6.29 Å². The minimum atomic E-state index is -0.538. The molecule has 0 atom stereocenters. The normalized spacial score (nSPS) is 8.42. The molecule has 3 heteroatoms. The van der Waals surface area contributed by atoms with Gasteiger partial charge < -0.3 is 5.11 Å². The van der Waals surface area contributed by atoms with E-state index in [4.69, 9.17) is 5.11 Å². The molecule has 1 aromatic rings. The molecule has 12 heavy (non-hydrogen) atoms. The van der Waals surface area contributed by atoms with Gasteiger partial charge >= 0.3 is 0 Å². The lowest BCUT2D eigenvalue weighted by Gasteiger charge is -1.94. The highest BCUT2D eigenvalue weighted by atomic mass is 19.1. The highest BCUT2D eigenvalue weighted by Crippen LogP contribution is 2.16. The van der Waals surface area contributed by atoms with Gasteiger partial charge in [0.2, 0.25) is 0 Å². The second kappa shape index (κ2) is 3.54. The predicted molar refractivity (Wildman–Crippen MR) is 41.0 cm³/mol. The topological polar surface area (TPSA) is 37.3 Å². The van der Waals surface area contributed by atoms with Crippen LogP contribution >= 0.6 is 0 Å². The second-order valence-electron chi connectivity index (χ2n) is 2.05. The molecule has 1 rings (SSSR count). The van der Waals surface area contributed by atoms with Crippen molar-refractivity contribution in [3.63, 3.8) is 0 Å². The van der Waals surface area contributed by atoms with E-state index in [9.17, 15) is 9.18 Å². The Labute approximate surface area is 68.6 Å². The van der Waals surface area contributed by atoms with Crippen molar-refractivity contribution in [3.05, 3.63) is 29.6 Å². The van der Waals surface area contributed by atoms with E-state index < -0.39 is 5.82 Å². The maximum atomic E-state index is 12.4. The molecular weight excluding hydrogens is 159 g/mol. The first kappa shape index (κ1) is 8.28. The molecule has 0 fully saturated rings. The third-order valence-corrected chi connectivity index (χ3v) is 1.23. The molecule has 0 aliphatic carbocycles. The van der Waals surface area contributed by atoms with Crippen LogP contribution in [0, 0.1) is 17.7 Å². The molecule has 0 aliphatic heterocycles. The van der Waals surface area contributed by atoms with Crippen LogP contribution in [-0.2, 0) is 4.79 Å². The van der Waals surface area contributed by atoms with Crippen LogP contribution in [0.4, 0.5) is 4.39 Å². The zero-order chi connectivity index (χ0) is 8.97. The Morgan fingerprint density at radius 3 is 2.83 bits per heavy atom. The van der Waals surface area contributed by atoms with Crippen molar-refractivity contribution < 1.29 is 14.3 Å². The summed E-state index contributed by atoms with van der Waals surface area (Å²) in [4.78, 5) is 9.83. The number of aldehydes is 1. The van der Waals surface area contributed by atoms with Crippen LogP contribution in [0.15, 0.2) is 18.2 Å². The van der Waals surface area contributed by atoms with Crippen LogP contribution in [0.3, 0.4) is 0 Å². The van der Waals surface area contributed by atoms with E-state index in [1.807, 2.05) is 0 Å². The third-order valence-electron chi connectivity index (χ3n) is 1.23. The van der Waals surface area contributed by atoms with E-state index in [0.29, 0.717) is 6.29 Å². The number of carbonyl (C=O) groups excluding carboxylic acids is 1. The Kier molecular flexibility index (Phi) is 2.44. The standard InChI is InChI=1S/C9H5FO2/c10-8-4-3-7(2-1-5-11)9(12)6-8/h3-6,12H. The lowest BCUT2D eigenvalue weighted by atomic mass is 10.2. The monoisotopic (exact) mass is 164 g/mol. The maximum absolute atomic E-state index is 12.4. The number of phenols is 1. The Morgan fingerprint density at radius 1 is 1.50 bits per heavy atom. The second-order valence-corrected chi connectivity index (χ2v) is 2.05. The fourth-order valence-corrected chi connectivity index (χ4v) is 0.718. The van der Waals surface area contributed by atoms with Crippen LogP contribution < -0.4 is 0 Å². The molecule has 2 nitrogen and oxygen atoms in total. The molecule has 60 valence electrons. The fourth-order valence-electron chi connectivity index (χ4n) is 0.718. The lowest BCUT2D eigenvalue weighted by Crippen LogP contribution is -1.79. The molecule has 0 bridgehead atoms. The molecule has 0 spiro atoms. The van der Waals surface area contributed by atoms with Crippen LogP contribution in [0.2, 0.25) is 0 Å². The quantitative estimate of drug-likeness (QED) is 0.460. The Hall–Kier alpha value is -1.82. The SMILES string of the molecule is O=CC#Cc1ccc(F)cc1O. The van der Waals surface area contributed by atoms with Gasteiger partial charge in [-0.1, -0.05) is 5.92 Å². The molecule has 0 radical (unpaired) electrons. The van der Waals surface area contributed by atoms with E-state index in [0.717, 1.165) is 12.1 Å². The van der Waals surface area contributed by atoms with E-state index in [1.165, 1.54) is 6.07 Å². The summed E-state index contributed by atoms with van der Waals surface area (Å²) >= 11 is 0. The van der Waals surface area contributed by atoms with Crippen molar-refractivity contribution in [1.82, 2.24) is 0 Å². The summed E-state index contributed by atoms with van der Waals surface area (Å²) in [6, 6.07) is 3.41. The Bertz CT molecular complexity index is 361.